The van der Waals surface area contributed by atoms with Crippen LogP contribution < -0.4 is 0 Å². The second-order valence-corrected chi connectivity index (χ2v) is 9.23. The van der Waals surface area contributed by atoms with Gasteiger partial charge < -0.3 is 24.8 Å². The number of fused-ring (bicyclic) bond motifs is 3. The Bertz CT molecular complexity index is 988. The topological polar surface area (TPSA) is 85.8 Å². The second-order valence-electron chi connectivity index (χ2n) is 8.35. The van der Waals surface area contributed by atoms with Crippen LogP contribution in [-0.4, -0.2) is 57.1 Å². The molecule has 0 radical (unpaired) electrons. The number of carbonyl (C=O) groups is 1. The fraction of sp³-hybridized carbons (Fsp3) is 0.409. The zero-order chi connectivity index (χ0) is 22.1. The number of aromatic amines is 1. The van der Waals surface area contributed by atoms with E-state index < -0.39 is 23.9 Å². The third kappa shape index (κ3) is 5.58. The van der Waals surface area contributed by atoms with Crippen LogP contribution in [0, 0.1) is 0 Å². The molecule has 1 aliphatic rings. The molecule has 0 bridgehead atoms. The fourth-order valence-electron chi connectivity index (χ4n) is 3.25. The van der Waals surface area contributed by atoms with Crippen LogP contribution in [0.15, 0.2) is 36.4 Å². The van der Waals surface area contributed by atoms with Gasteiger partial charge in [-0.15, -0.1) is 0 Å². The largest absolute Gasteiger partial charge is 0.444 e. The Morgan fingerprint density at radius 3 is 2.03 bits per heavy atom. The maximum atomic E-state index is 11.6. The maximum Gasteiger partial charge on any atom is 0.410 e. The fourth-order valence-corrected chi connectivity index (χ4v) is 3.60. The van der Waals surface area contributed by atoms with Crippen LogP contribution in [-0.2, 0) is 4.74 Å². The van der Waals surface area contributed by atoms with Gasteiger partial charge in [-0.1, -0.05) is 23.2 Å². The summed E-state index contributed by atoms with van der Waals surface area (Å²) in [5.74, 6) is 0. The van der Waals surface area contributed by atoms with Crippen LogP contribution in [0.4, 0.5) is 4.79 Å². The monoisotopic (exact) mass is 452 g/mol. The average molecular weight is 453 g/mol. The van der Waals surface area contributed by atoms with Gasteiger partial charge in [0.2, 0.25) is 0 Å². The lowest BCUT2D eigenvalue weighted by molar-refractivity contribution is -0.0468. The molecular weight excluding hydrogens is 427 g/mol. The minimum atomic E-state index is -0.869. The van der Waals surface area contributed by atoms with E-state index in [4.69, 9.17) is 27.9 Å². The first-order chi connectivity index (χ1) is 14.0. The molecule has 8 heteroatoms. The summed E-state index contributed by atoms with van der Waals surface area (Å²) < 4.78 is 5.15. The van der Waals surface area contributed by atoms with Crippen molar-refractivity contribution in [2.24, 2.45) is 0 Å². The highest BCUT2D eigenvalue weighted by atomic mass is 35.5. The van der Waals surface area contributed by atoms with Crippen LogP contribution in [0.25, 0.3) is 21.8 Å². The smallest absolute Gasteiger partial charge is 0.410 e. The second kappa shape index (κ2) is 9.02. The van der Waals surface area contributed by atoms with E-state index >= 15 is 0 Å². The first-order valence-corrected chi connectivity index (χ1v) is 10.5. The van der Waals surface area contributed by atoms with Gasteiger partial charge in [0.1, 0.15) is 5.60 Å². The average Bonchev–Trinajstić information content (AvgIpc) is 3.00. The Balaban J connectivity index is 0.000000171. The molecule has 1 amide bonds. The number of amides is 1. The predicted octanol–water partition coefficient (Wildman–Crippen LogP) is 4.98. The van der Waals surface area contributed by atoms with Gasteiger partial charge in [0, 0.05) is 38.4 Å². The van der Waals surface area contributed by atoms with Gasteiger partial charge in [-0.2, -0.15) is 0 Å². The number of β-amino-alcohol motifs (C(OH)–C–C–N with tert-alkyl or cyclic N) is 1. The van der Waals surface area contributed by atoms with Crippen molar-refractivity contribution in [2.75, 3.05) is 13.1 Å². The van der Waals surface area contributed by atoms with Crippen molar-refractivity contribution in [3.63, 3.8) is 0 Å². The highest BCUT2D eigenvalue weighted by Crippen LogP contribution is 2.29. The number of ether oxygens (including phenoxy) is 1. The molecule has 6 nitrogen and oxygen atoms in total. The minimum Gasteiger partial charge on any atom is -0.444 e. The zero-order valence-electron chi connectivity index (χ0n) is 17.2. The van der Waals surface area contributed by atoms with E-state index in [0.29, 0.717) is 13.0 Å². The molecular formula is C22H26Cl2N2O4. The number of H-pyrrole nitrogens is 1. The highest BCUT2D eigenvalue weighted by molar-refractivity contribution is 6.33. The van der Waals surface area contributed by atoms with Crippen molar-refractivity contribution in [2.45, 2.75) is 45.0 Å². The number of hydrogen-bond acceptors (Lipinski definition) is 4. The summed E-state index contributed by atoms with van der Waals surface area (Å²) >= 11 is 11.9. The van der Waals surface area contributed by atoms with Gasteiger partial charge in [0.25, 0.3) is 0 Å². The molecule has 0 aliphatic carbocycles. The summed E-state index contributed by atoms with van der Waals surface area (Å²) in [7, 11) is 0. The third-order valence-electron chi connectivity index (χ3n) is 4.72. The Labute approximate surface area is 185 Å². The zero-order valence-corrected chi connectivity index (χ0v) is 18.7. The molecule has 2 atom stereocenters. The van der Waals surface area contributed by atoms with Gasteiger partial charge in [-0.25, -0.2) is 4.79 Å². The van der Waals surface area contributed by atoms with Crippen LogP contribution in [0.5, 0.6) is 0 Å². The highest BCUT2D eigenvalue weighted by Gasteiger charge is 2.31. The van der Waals surface area contributed by atoms with Crippen molar-refractivity contribution < 1.29 is 19.7 Å². The Morgan fingerprint density at radius 1 is 1.03 bits per heavy atom. The molecule has 162 valence electrons. The molecule has 4 rings (SSSR count). The number of carbonyl (C=O) groups excluding carboxylic acids is 1. The van der Waals surface area contributed by atoms with Gasteiger partial charge in [0.15, 0.2) is 0 Å². The number of rotatable bonds is 0. The summed E-state index contributed by atoms with van der Waals surface area (Å²) in [5, 5.41) is 22.4. The van der Waals surface area contributed by atoms with Crippen molar-refractivity contribution in [3.05, 3.63) is 46.4 Å². The Hall–Kier alpha value is -1.99. The number of aromatic nitrogens is 1. The number of halogens is 2. The Kier molecular flexibility index (Phi) is 6.82. The van der Waals surface area contributed by atoms with E-state index in [-0.39, 0.29) is 6.54 Å². The summed E-state index contributed by atoms with van der Waals surface area (Å²) in [5.41, 5.74) is 1.63. The quantitative estimate of drug-likeness (QED) is 0.448. The lowest BCUT2D eigenvalue weighted by atomic mass is 10.1. The van der Waals surface area contributed by atoms with E-state index in [1.807, 2.05) is 36.4 Å². The molecule has 0 saturated carbocycles. The summed E-state index contributed by atoms with van der Waals surface area (Å²) in [4.78, 5) is 16.3. The number of nitrogens with zero attached hydrogens (tertiary/aromatic N) is 1. The summed E-state index contributed by atoms with van der Waals surface area (Å²) in [6, 6.07) is 11.6. The van der Waals surface area contributed by atoms with Crippen LogP contribution >= 0.6 is 23.2 Å². The SMILES string of the molecule is CC(C)(C)OC(=O)N1CCC(O)C(O)C1.Clc1ccc2[nH]c3ccc(Cl)cc3c2c1. The number of aliphatic hydroxyl groups is 2. The van der Waals surface area contributed by atoms with E-state index in [1.165, 1.54) is 4.90 Å². The third-order valence-corrected chi connectivity index (χ3v) is 5.19. The van der Waals surface area contributed by atoms with Crippen molar-refractivity contribution in [1.82, 2.24) is 9.88 Å². The number of hydrogen-bond donors (Lipinski definition) is 3. The molecule has 3 aromatic rings. The van der Waals surface area contributed by atoms with Crippen molar-refractivity contribution in [3.8, 4) is 0 Å². The molecule has 1 saturated heterocycles. The van der Waals surface area contributed by atoms with Crippen LogP contribution in [0.1, 0.15) is 27.2 Å². The van der Waals surface area contributed by atoms with Crippen LogP contribution in [0.3, 0.4) is 0 Å². The van der Waals surface area contributed by atoms with E-state index in [0.717, 1.165) is 31.9 Å². The molecule has 1 fully saturated rings. The summed E-state index contributed by atoms with van der Waals surface area (Å²) in [6.45, 7) is 5.93. The maximum absolute atomic E-state index is 11.6. The molecule has 2 aromatic carbocycles. The summed E-state index contributed by atoms with van der Waals surface area (Å²) in [6.07, 6.45) is -1.65. The Morgan fingerprint density at radius 2 is 1.57 bits per heavy atom. The number of nitrogens with one attached hydrogen (secondary N) is 1. The molecule has 2 unspecified atom stereocenters. The van der Waals surface area contributed by atoms with E-state index in [1.54, 1.807) is 20.8 Å². The molecule has 0 spiro atoms. The van der Waals surface area contributed by atoms with Gasteiger partial charge in [-0.3, -0.25) is 0 Å². The number of aliphatic hydroxyl groups excluding tert-OH is 2. The molecule has 1 aliphatic heterocycles. The van der Waals surface area contributed by atoms with Gasteiger partial charge in [-0.05, 0) is 63.6 Å². The van der Waals surface area contributed by atoms with Gasteiger partial charge >= 0.3 is 6.09 Å². The lowest BCUT2D eigenvalue weighted by Gasteiger charge is -2.34. The van der Waals surface area contributed by atoms with Crippen molar-refractivity contribution >= 4 is 51.1 Å². The van der Waals surface area contributed by atoms with Crippen molar-refractivity contribution in [1.29, 1.82) is 0 Å². The number of likely N-dealkylation sites (tertiary alicyclic amines) is 1. The lowest BCUT2D eigenvalue weighted by Crippen LogP contribution is -2.50. The molecule has 1 aromatic heterocycles. The van der Waals surface area contributed by atoms with E-state index in [9.17, 15) is 15.0 Å². The standard InChI is InChI=1S/C12H7Cl2N.C10H19NO4/c13-7-1-3-11-9(5-7)10-6-8(14)2-4-12(10)15-11;1-10(2,3)15-9(14)11-5-4-7(12)8(13)6-11/h1-6,15H;7-8,12-13H,4-6H2,1-3H3. The molecule has 2 heterocycles. The first-order valence-electron chi connectivity index (χ1n) is 9.74. The predicted molar refractivity (Wildman–Crippen MR) is 120 cm³/mol. The minimum absolute atomic E-state index is 0.135. The van der Waals surface area contributed by atoms with Gasteiger partial charge in [0.05, 0.1) is 18.8 Å². The normalized spacial score (nSPS) is 19.5. The first kappa shape index (κ1) is 22.7. The molecule has 30 heavy (non-hydrogen) atoms. The number of piperidine rings is 1. The van der Waals surface area contributed by atoms with Crippen LogP contribution in [0.2, 0.25) is 10.0 Å². The number of benzene rings is 2. The molecule has 3 N–H and O–H groups in total. The van der Waals surface area contributed by atoms with E-state index in [2.05, 4.69) is 4.98 Å².